The zero-order valence-electron chi connectivity index (χ0n) is 13.0. The van der Waals surface area contributed by atoms with Crippen molar-refractivity contribution in [1.82, 2.24) is 9.88 Å². The summed E-state index contributed by atoms with van der Waals surface area (Å²) in [4.78, 5) is 0. The number of rotatable bonds is 7. The Kier molecular flexibility index (Phi) is 4.56. The number of aromatic nitrogens is 1. The molecule has 0 spiro atoms. The quantitative estimate of drug-likeness (QED) is 0.763. The molecule has 1 aromatic heterocycles. The second-order valence-corrected chi connectivity index (χ2v) is 6.95. The molecule has 0 bridgehead atoms. The third-order valence-corrected chi connectivity index (χ3v) is 4.61. The summed E-state index contributed by atoms with van der Waals surface area (Å²) >= 11 is 6.21. The van der Waals surface area contributed by atoms with E-state index in [9.17, 15) is 0 Å². The first-order valence-electron chi connectivity index (χ1n) is 8.18. The summed E-state index contributed by atoms with van der Waals surface area (Å²) in [6.07, 6.45) is 7.51. The molecule has 1 aliphatic carbocycles. The van der Waals surface area contributed by atoms with E-state index in [1.54, 1.807) is 0 Å². The minimum atomic E-state index is 0.703. The van der Waals surface area contributed by atoms with Crippen LogP contribution in [-0.2, 0) is 13.1 Å². The van der Waals surface area contributed by atoms with E-state index >= 15 is 0 Å². The predicted octanol–water partition coefficient (Wildman–Crippen LogP) is 4.98. The van der Waals surface area contributed by atoms with Gasteiger partial charge in [-0.25, -0.2) is 0 Å². The number of hydrogen-bond donors (Lipinski definition) is 1. The van der Waals surface area contributed by atoms with E-state index in [-0.39, 0.29) is 0 Å². The van der Waals surface area contributed by atoms with Crippen LogP contribution in [-0.4, -0.2) is 10.6 Å². The molecule has 3 heteroatoms. The fourth-order valence-corrected chi connectivity index (χ4v) is 3.26. The van der Waals surface area contributed by atoms with Crippen molar-refractivity contribution in [3.8, 4) is 0 Å². The number of benzene rings is 1. The van der Waals surface area contributed by atoms with Crippen molar-refractivity contribution in [3.63, 3.8) is 0 Å². The molecular formula is C18H25ClN2. The van der Waals surface area contributed by atoms with Crippen molar-refractivity contribution in [2.45, 2.75) is 58.7 Å². The van der Waals surface area contributed by atoms with Gasteiger partial charge in [-0.05, 0) is 42.9 Å². The van der Waals surface area contributed by atoms with Crippen molar-refractivity contribution in [3.05, 3.63) is 35.0 Å². The molecule has 0 amide bonds. The van der Waals surface area contributed by atoms with Crippen LogP contribution in [0.3, 0.4) is 0 Å². The largest absolute Gasteiger partial charge is 0.347 e. The first kappa shape index (κ1) is 14.9. The summed E-state index contributed by atoms with van der Waals surface area (Å²) in [5, 5.41) is 5.79. The van der Waals surface area contributed by atoms with E-state index in [1.807, 2.05) is 6.07 Å². The fraction of sp³-hybridized carbons (Fsp3) is 0.556. The van der Waals surface area contributed by atoms with Crippen molar-refractivity contribution >= 4 is 22.5 Å². The van der Waals surface area contributed by atoms with Gasteiger partial charge in [0.1, 0.15) is 0 Å². The van der Waals surface area contributed by atoms with Gasteiger partial charge in [-0.3, -0.25) is 0 Å². The lowest BCUT2D eigenvalue weighted by atomic mass is 10.1. The molecular weight excluding hydrogens is 280 g/mol. The Hall–Kier alpha value is -0.990. The standard InChI is InChI=1S/C18H25ClN2/c1-3-4-13(2)11-21-12-14(10-20-16-6-7-16)17-8-5-15(19)9-18(17)21/h5,8-9,12-13,16,20H,3-4,6-7,10-11H2,1-2H3. The van der Waals surface area contributed by atoms with Gasteiger partial charge in [0, 0.05) is 41.3 Å². The average molecular weight is 305 g/mol. The van der Waals surface area contributed by atoms with Crippen LogP contribution in [0.25, 0.3) is 10.9 Å². The molecule has 0 saturated heterocycles. The SMILES string of the molecule is CCCC(C)Cn1cc(CNC2CC2)c2ccc(Cl)cc21. The van der Waals surface area contributed by atoms with Gasteiger partial charge in [0.05, 0.1) is 0 Å². The number of nitrogens with one attached hydrogen (secondary N) is 1. The lowest BCUT2D eigenvalue weighted by Gasteiger charge is -2.12. The van der Waals surface area contributed by atoms with Crippen LogP contribution in [0.1, 0.15) is 45.1 Å². The van der Waals surface area contributed by atoms with Crippen molar-refractivity contribution in [2.75, 3.05) is 0 Å². The molecule has 1 aliphatic rings. The Labute approximate surface area is 132 Å². The topological polar surface area (TPSA) is 17.0 Å². The van der Waals surface area contributed by atoms with E-state index < -0.39 is 0 Å². The van der Waals surface area contributed by atoms with Crippen LogP contribution in [0.15, 0.2) is 24.4 Å². The molecule has 1 atom stereocenters. The van der Waals surface area contributed by atoms with E-state index in [0.29, 0.717) is 5.92 Å². The van der Waals surface area contributed by atoms with Gasteiger partial charge in [-0.15, -0.1) is 0 Å². The number of hydrogen-bond acceptors (Lipinski definition) is 1. The van der Waals surface area contributed by atoms with Gasteiger partial charge < -0.3 is 9.88 Å². The minimum Gasteiger partial charge on any atom is -0.347 e. The zero-order chi connectivity index (χ0) is 14.8. The molecule has 1 aromatic carbocycles. The monoisotopic (exact) mass is 304 g/mol. The van der Waals surface area contributed by atoms with E-state index in [1.165, 1.54) is 42.1 Å². The maximum atomic E-state index is 6.21. The summed E-state index contributed by atoms with van der Waals surface area (Å²) in [5.41, 5.74) is 2.68. The van der Waals surface area contributed by atoms with Crippen molar-refractivity contribution in [2.24, 2.45) is 5.92 Å². The van der Waals surface area contributed by atoms with Crippen molar-refractivity contribution < 1.29 is 0 Å². The molecule has 1 heterocycles. The molecule has 1 saturated carbocycles. The minimum absolute atomic E-state index is 0.703. The average Bonchev–Trinajstić information content (AvgIpc) is 3.22. The van der Waals surface area contributed by atoms with E-state index in [2.05, 4.69) is 42.1 Å². The Balaban J connectivity index is 1.87. The highest BCUT2D eigenvalue weighted by atomic mass is 35.5. The highest BCUT2D eigenvalue weighted by Gasteiger charge is 2.21. The highest BCUT2D eigenvalue weighted by Crippen LogP contribution is 2.27. The number of halogens is 1. The van der Waals surface area contributed by atoms with Gasteiger partial charge in [0.15, 0.2) is 0 Å². The van der Waals surface area contributed by atoms with Crippen LogP contribution in [0.5, 0.6) is 0 Å². The third-order valence-electron chi connectivity index (χ3n) is 4.38. The van der Waals surface area contributed by atoms with Gasteiger partial charge in [0.25, 0.3) is 0 Å². The summed E-state index contributed by atoms with van der Waals surface area (Å²) in [5.74, 6) is 0.703. The summed E-state index contributed by atoms with van der Waals surface area (Å²) < 4.78 is 2.39. The Bertz CT molecular complexity index is 613. The molecule has 2 aromatic rings. The third kappa shape index (κ3) is 3.61. The van der Waals surface area contributed by atoms with Gasteiger partial charge in [-0.2, -0.15) is 0 Å². The van der Waals surface area contributed by atoms with Crippen LogP contribution in [0, 0.1) is 5.92 Å². The molecule has 114 valence electrons. The molecule has 2 nitrogen and oxygen atoms in total. The predicted molar refractivity (Wildman–Crippen MR) is 90.9 cm³/mol. The summed E-state index contributed by atoms with van der Waals surface area (Å²) in [7, 11) is 0. The van der Waals surface area contributed by atoms with E-state index in [0.717, 1.165) is 24.2 Å². The molecule has 21 heavy (non-hydrogen) atoms. The highest BCUT2D eigenvalue weighted by molar-refractivity contribution is 6.31. The summed E-state index contributed by atoms with van der Waals surface area (Å²) in [6, 6.07) is 7.03. The first-order valence-corrected chi connectivity index (χ1v) is 8.55. The normalized spacial score (nSPS) is 16.5. The van der Waals surface area contributed by atoms with E-state index in [4.69, 9.17) is 11.6 Å². The Morgan fingerprint density at radius 3 is 2.90 bits per heavy atom. The maximum Gasteiger partial charge on any atom is 0.0498 e. The maximum absolute atomic E-state index is 6.21. The molecule has 3 rings (SSSR count). The second-order valence-electron chi connectivity index (χ2n) is 6.52. The van der Waals surface area contributed by atoms with Gasteiger partial charge in [-0.1, -0.05) is 37.9 Å². The van der Waals surface area contributed by atoms with Crippen molar-refractivity contribution in [1.29, 1.82) is 0 Å². The van der Waals surface area contributed by atoms with Crippen LogP contribution < -0.4 is 5.32 Å². The smallest absolute Gasteiger partial charge is 0.0498 e. The molecule has 0 aliphatic heterocycles. The first-order chi connectivity index (χ1) is 10.2. The molecule has 1 fully saturated rings. The fourth-order valence-electron chi connectivity index (χ4n) is 3.09. The molecule has 1 N–H and O–H groups in total. The lowest BCUT2D eigenvalue weighted by molar-refractivity contribution is 0.452. The lowest BCUT2D eigenvalue weighted by Crippen LogP contribution is -2.15. The van der Waals surface area contributed by atoms with Crippen LogP contribution in [0.2, 0.25) is 5.02 Å². The van der Waals surface area contributed by atoms with Gasteiger partial charge >= 0.3 is 0 Å². The van der Waals surface area contributed by atoms with Crippen LogP contribution in [0.4, 0.5) is 0 Å². The Morgan fingerprint density at radius 2 is 2.19 bits per heavy atom. The number of fused-ring (bicyclic) bond motifs is 1. The van der Waals surface area contributed by atoms with Gasteiger partial charge in [0.2, 0.25) is 0 Å². The molecule has 0 radical (unpaired) electrons. The second kappa shape index (κ2) is 6.41. The Morgan fingerprint density at radius 1 is 1.38 bits per heavy atom. The zero-order valence-corrected chi connectivity index (χ0v) is 13.8. The molecule has 1 unspecified atom stereocenters. The number of nitrogens with zero attached hydrogens (tertiary/aromatic N) is 1. The summed E-state index contributed by atoms with van der Waals surface area (Å²) in [6.45, 7) is 6.64. The van der Waals surface area contributed by atoms with Crippen LogP contribution >= 0.6 is 11.6 Å².